The molecule has 1 aromatic rings. The molecule has 1 aromatic heterocycles. The Balaban J connectivity index is 1.94. The number of halogens is 3. The number of nitrogens with one attached hydrogen (secondary N) is 1. The van der Waals surface area contributed by atoms with E-state index in [1.165, 1.54) is 0 Å². The van der Waals surface area contributed by atoms with E-state index in [9.17, 15) is 22.8 Å². The second kappa shape index (κ2) is 5.35. The van der Waals surface area contributed by atoms with Gasteiger partial charge in [0.05, 0.1) is 5.92 Å². The molecule has 1 atom stereocenters. The van der Waals surface area contributed by atoms with Gasteiger partial charge >= 0.3 is 6.18 Å². The number of nitrogens with zero attached hydrogens (tertiary/aromatic N) is 3. The molecule has 20 heavy (non-hydrogen) atoms. The van der Waals surface area contributed by atoms with Crippen LogP contribution < -0.4 is 5.32 Å². The van der Waals surface area contributed by atoms with Gasteiger partial charge in [-0.1, -0.05) is 11.3 Å². The zero-order chi connectivity index (χ0) is 14.9. The van der Waals surface area contributed by atoms with Crippen molar-refractivity contribution >= 4 is 28.3 Å². The molecule has 1 aliphatic rings. The third-order valence-electron chi connectivity index (χ3n) is 2.71. The van der Waals surface area contributed by atoms with Gasteiger partial charge in [-0.15, -0.1) is 10.2 Å². The largest absolute Gasteiger partial charge is 0.406 e. The Hall–Kier alpha value is -1.71. The highest BCUT2D eigenvalue weighted by atomic mass is 32.1. The monoisotopic (exact) mass is 308 g/mol. The Kier molecular flexibility index (Phi) is 3.93. The number of likely N-dealkylation sites (tertiary alicyclic amines) is 1. The molecule has 1 N–H and O–H groups in total. The summed E-state index contributed by atoms with van der Waals surface area (Å²) in [6.45, 7) is 0.146. The summed E-state index contributed by atoms with van der Waals surface area (Å²) in [6, 6.07) is 0. The fraction of sp³-hybridized carbons (Fsp3) is 0.600. The second-order valence-corrected chi connectivity index (χ2v) is 5.59. The quantitative estimate of drug-likeness (QED) is 0.910. The molecule has 110 valence electrons. The lowest BCUT2D eigenvalue weighted by molar-refractivity contribution is -0.157. The van der Waals surface area contributed by atoms with E-state index < -0.39 is 30.5 Å². The van der Waals surface area contributed by atoms with Gasteiger partial charge in [0.2, 0.25) is 16.9 Å². The van der Waals surface area contributed by atoms with Gasteiger partial charge in [-0.05, 0) is 6.92 Å². The van der Waals surface area contributed by atoms with Crippen LogP contribution in [0.25, 0.3) is 0 Å². The van der Waals surface area contributed by atoms with E-state index in [0.29, 0.717) is 9.91 Å². The first-order chi connectivity index (χ1) is 9.24. The summed E-state index contributed by atoms with van der Waals surface area (Å²) >= 11 is 1.15. The highest BCUT2D eigenvalue weighted by molar-refractivity contribution is 7.15. The lowest BCUT2D eigenvalue weighted by Crippen LogP contribution is -2.36. The van der Waals surface area contributed by atoms with E-state index in [0.717, 1.165) is 11.3 Å². The predicted octanol–water partition coefficient (Wildman–Crippen LogP) is 1.20. The zero-order valence-corrected chi connectivity index (χ0v) is 11.2. The van der Waals surface area contributed by atoms with Gasteiger partial charge in [0.25, 0.3) is 0 Å². The molecule has 10 heteroatoms. The van der Waals surface area contributed by atoms with Crippen LogP contribution in [0.2, 0.25) is 0 Å². The van der Waals surface area contributed by atoms with Crippen molar-refractivity contribution in [3.63, 3.8) is 0 Å². The number of anilines is 1. The van der Waals surface area contributed by atoms with Gasteiger partial charge in [-0.2, -0.15) is 13.2 Å². The average molecular weight is 308 g/mol. The van der Waals surface area contributed by atoms with Crippen molar-refractivity contribution in [1.29, 1.82) is 0 Å². The first-order valence-corrected chi connectivity index (χ1v) is 6.52. The van der Waals surface area contributed by atoms with Crippen LogP contribution in [0.3, 0.4) is 0 Å². The molecule has 1 unspecified atom stereocenters. The number of rotatable bonds is 3. The maximum atomic E-state index is 12.2. The maximum absolute atomic E-state index is 12.2. The lowest BCUT2D eigenvalue weighted by Gasteiger charge is -2.18. The van der Waals surface area contributed by atoms with Gasteiger partial charge < -0.3 is 10.2 Å². The normalized spacial score (nSPS) is 19.5. The molecule has 2 amide bonds. The predicted molar refractivity (Wildman–Crippen MR) is 64.0 cm³/mol. The van der Waals surface area contributed by atoms with Crippen LogP contribution in [0.4, 0.5) is 18.3 Å². The summed E-state index contributed by atoms with van der Waals surface area (Å²) in [5.74, 6) is -1.98. The Morgan fingerprint density at radius 3 is 2.75 bits per heavy atom. The number of carbonyl (C=O) groups excluding carboxylic acids is 2. The first kappa shape index (κ1) is 14.7. The molecule has 0 aromatic carbocycles. The summed E-state index contributed by atoms with van der Waals surface area (Å²) in [6.07, 6.45) is -4.68. The second-order valence-electron chi connectivity index (χ2n) is 4.41. The fourth-order valence-electron chi connectivity index (χ4n) is 1.87. The Morgan fingerprint density at radius 2 is 2.20 bits per heavy atom. The molecule has 0 radical (unpaired) electrons. The van der Waals surface area contributed by atoms with E-state index in [2.05, 4.69) is 15.5 Å². The number of aryl methyl sites for hydroxylation is 1. The minimum Gasteiger partial charge on any atom is -0.333 e. The van der Waals surface area contributed by atoms with Crippen molar-refractivity contribution in [3.05, 3.63) is 5.01 Å². The van der Waals surface area contributed by atoms with Gasteiger partial charge in [0, 0.05) is 13.0 Å². The van der Waals surface area contributed by atoms with Gasteiger partial charge in [-0.25, -0.2) is 0 Å². The molecule has 6 nitrogen and oxygen atoms in total. The Morgan fingerprint density at radius 1 is 1.50 bits per heavy atom. The zero-order valence-electron chi connectivity index (χ0n) is 10.4. The summed E-state index contributed by atoms with van der Waals surface area (Å²) in [4.78, 5) is 23.9. The molecule has 0 aliphatic carbocycles. The molecule has 2 rings (SSSR count). The molecule has 1 aliphatic heterocycles. The van der Waals surface area contributed by atoms with Crippen molar-refractivity contribution in [2.45, 2.75) is 19.5 Å². The molecule has 2 heterocycles. The highest BCUT2D eigenvalue weighted by Gasteiger charge is 2.40. The van der Waals surface area contributed by atoms with Crippen LogP contribution in [0.15, 0.2) is 0 Å². The topological polar surface area (TPSA) is 75.2 Å². The summed E-state index contributed by atoms with van der Waals surface area (Å²) in [5, 5.41) is 10.8. The standard InChI is InChI=1S/C10H11F3N4O2S/c1-5-15-16-9(20-5)14-8(19)6-2-7(18)17(3-6)4-10(11,12)13/h6H,2-4H2,1H3,(H,14,16,19). The van der Waals surface area contributed by atoms with E-state index in [1.807, 2.05) is 0 Å². The van der Waals surface area contributed by atoms with E-state index in [4.69, 9.17) is 0 Å². The van der Waals surface area contributed by atoms with Crippen LogP contribution in [-0.4, -0.2) is 46.2 Å². The minimum atomic E-state index is -4.46. The van der Waals surface area contributed by atoms with Crippen molar-refractivity contribution in [2.75, 3.05) is 18.4 Å². The third kappa shape index (κ3) is 3.65. The number of amides is 2. The van der Waals surface area contributed by atoms with E-state index >= 15 is 0 Å². The minimum absolute atomic E-state index is 0.223. The molecule has 1 saturated heterocycles. The number of aromatic nitrogens is 2. The van der Waals surface area contributed by atoms with E-state index in [1.54, 1.807) is 6.92 Å². The lowest BCUT2D eigenvalue weighted by atomic mass is 10.1. The van der Waals surface area contributed by atoms with Crippen molar-refractivity contribution in [3.8, 4) is 0 Å². The van der Waals surface area contributed by atoms with Crippen molar-refractivity contribution in [2.24, 2.45) is 5.92 Å². The highest BCUT2D eigenvalue weighted by Crippen LogP contribution is 2.25. The third-order valence-corrected chi connectivity index (χ3v) is 3.47. The number of alkyl halides is 3. The number of carbonyl (C=O) groups is 2. The molecule has 0 bridgehead atoms. The molecule has 1 fully saturated rings. The fourth-order valence-corrected chi connectivity index (χ4v) is 2.47. The SMILES string of the molecule is Cc1nnc(NC(=O)C2CC(=O)N(CC(F)(F)F)C2)s1. The first-order valence-electron chi connectivity index (χ1n) is 5.70. The van der Waals surface area contributed by atoms with Crippen LogP contribution in [0.1, 0.15) is 11.4 Å². The maximum Gasteiger partial charge on any atom is 0.406 e. The number of hydrogen-bond acceptors (Lipinski definition) is 5. The molecular weight excluding hydrogens is 297 g/mol. The smallest absolute Gasteiger partial charge is 0.333 e. The van der Waals surface area contributed by atoms with E-state index in [-0.39, 0.29) is 18.1 Å². The molecule has 0 saturated carbocycles. The molecule has 0 spiro atoms. The van der Waals surface area contributed by atoms with Crippen LogP contribution in [-0.2, 0) is 9.59 Å². The van der Waals surface area contributed by atoms with Gasteiger partial charge in [0.1, 0.15) is 11.6 Å². The van der Waals surface area contributed by atoms with Crippen molar-refractivity contribution < 1.29 is 22.8 Å². The Labute approximate surface area is 116 Å². The number of hydrogen-bond donors (Lipinski definition) is 1. The van der Waals surface area contributed by atoms with Crippen LogP contribution in [0, 0.1) is 12.8 Å². The summed E-state index contributed by atoms with van der Waals surface area (Å²) < 4.78 is 36.7. The Bertz CT molecular complexity index is 531. The average Bonchev–Trinajstić information content (AvgIpc) is 2.85. The summed E-state index contributed by atoms with van der Waals surface area (Å²) in [5.41, 5.74) is 0. The van der Waals surface area contributed by atoms with Crippen LogP contribution in [0.5, 0.6) is 0 Å². The summed E-state index contributed by atoms with van der Waals surface area (Å²) in [7, 11) is 0. The van der Waals surface area contributed by atoms with Gasteiger partial charge in [-0.3, -0.25) is 9.59 Å². The van der Waals surface area contributed by atoms with Crippen molar-refractivity contribution in [1.82, 2.24) is 15.1 Å². The van der Waals surface area contributed by atoms with Gasteiger partial charge in [0.15, 0.2) is 0 Å². The van der Waals surface area contributed by atoms with Crippen LogP contribution >= 0.6 is 11.3 Å². The molecular formula is C10H11F3N4O2S.